The summed E-state index contributed by atoms with van der Waals surface area (Å²) in [6, 6.07) is 6.48. The summed E-state index contributed by atoms with van der Waals surface area (Å²) in [4.78, 5) is 6.74. The molecule has 1 aliphatic rings. The number of halogens is 1. The molecule has 0 amide bonds. The molecule has 0 saturated carbocycles. The summed E-state index contributed by atoms with van der Waals surface area (Å²) in [6.45, 7) is 3.18. The van der Waals surface area contributed by atoms with Gasteiger partial charge in [-0.3, -0.25) is 9.88 Å². The molecular formula is C11H18ClN3. The van der Waals surface area contributed by atoms with Crippen molar-refractivity contribution < 1.29 is 0 Å². The standard InChI is InChI=1S/C11H17N3.ClH/c12-10-4-7-14(8-5-10)9-11-3-1-2-6-13-11;/h1-3,6,10H,4-5,7-9,12H2;1H. The van der Waals surface area contributed by atoms with Gasteiger partial charge in [0, 0.05) is 31.9 Å². The topological polar surface area (TPSA) is 42.1 Å². The smallest absolute Gasteiger partial charge is 0.0543 e. The Labute approximate surface area is 97.1 Å². The van der Waals surface area contributed by atoms with E-state index < -0.39 is 0 Å². The second-order valence-electron chi connectivity index (χ2n) is 3.93. The fourth-order valence-corrected chi connectivity index (χ4v) is 1.83. The Bertz CT molecular complexity index is 270. The summed E-state index contributed by atoms with van der Waals surface area (Å²) < 4.78 is 0. The van der Waals surface area contributed by atoms with E-state index >= 15 is 0 Å². The fraction of sp³-hybridized carbons (Fsp3) is 0.545. The van der Waals surface area contributed by atoms with Crippen molar-refractivity contribution in [3.05, 3.63) is 30.1 Å². The summed E-state index contributed by atoms with van der Waals surface area (Å²) in [5, 5.41) is 0. The maximum absolute atomic E-state index is 5.85. The highest BCUT2D eigenvalue weighted by atomic mass is 35.5. The van der Waals surface area contributed by atoms with Crippen molar-refractivity contribution >= 4 is 12.4 Å². The van der Waals surface area contributed by atoms with Crippen molar-refractivity contribution in [3.63, 3.8) is 0 Å². The van der Waals surface area contributed by atoms with Crippen LogP contribution in [0.2, 0.25) is 0 Å². The van der Waals surface area contributed by atoms with Crippen LogP contribution >= 0.6 is 12.4 Å². The molecule has 3 nitrogen and oxygen atoms in total. The van der Waals surface area contributed by atoms with Crippen molar-refractivity contribution in [1.29, 1.82) is 0 Å². The molecule has 84 valence electrons. The third kappa shape index (κ3) is 3.78. The van der Waals surface area contributed by atoms with Gasteiger partial charge in [-0.15, -0.1) is 12.4 Å². The van der Waals surface area contributed by atoms with Crippen LogP contribution in [0.4, 0.5) is 0 Å². The van der Waals surface area contributed by atoms with Gasteiger partial charge < -0.3 is 5.73 Å². The lowest BCUT2D eigenvalue weighted by atomic mass is 10.1. The van der Waals surface area contributed by atoms with Crippen molar-refractivity contribution in [2.24, 2.45) is 5.73 Å². The molecule has 4 heteroatoms. The maximum Gasteiger partial charge on any atom is 0.0543 e. The number of nitrogens with two attached hydrogens (primary N) is 1. The molecule has 1 aromatic rings. The molecule has 1 fully saturated rings. The SMILES string of the molecule is Cl.NC1CCN(Cc2ccccn2)CC1. The number of pyridine rings is 1. The summed E-state index contributed by atoms with van der Waals surface area (Å²) >= 11 is 0. The van der Waals surface area contributed by atoms with Gasteiger partial charge in [-0.05, 0) is 25.0 Å². The predicted octanol–water partition coefficient (Wildman–Crippen LogP) is 1.43. The van der Waals surface area contributed by atoms with Crippen LogP contribution in [-0.2, 0) is 6.54 Å². The average molecular weight is 228 g/mol. The number of aromatic nitrogens is 1. The number of piperidine rings is 1. The molecule has 0 atom stereocenters. The van der Waals surface area contributed by atoms with Gasteiger partial charge in [0.2, 0.25) is 0 Å². The highest BCUT2D eigenvalue weighted by molar-refractivity contribution is 5.85. The predicted molar refractivity (Wildman–Crippen MR) is 64.0 cm³/mol. The second-order valence-corrected chi connectivity index (χ2v) is 3.93. The normalized spacial score (nSPS) is 18.5. The molecule has 0 radical (unpaired) electrons. The van der Waals surface area contributed by atoms with Gasteiger partial charge in [0.15, 0.2) is 0 Å². The molecule has 0 aromatic carbocycles. The van der Waals surface area contributed by atoms with Gasteiger partial charge in [0.05, 0.1) is 5.69 Å². The molecule has 2 heterocycles. The van der Waals surface area contributed by atoms with E-state index in [0.29, 0.717) is 6.04 Å². The average Bonchev–Trinajstić information content (AvgIpc) is 2.23. The lowest BCUT2D eigenvalue weighted by molar-refractivity contribution is 0.203. The lowest BCUT2D eigenvalue weighted by Crippen LogP contribution is -2.39. The fourth-order valence-electron chi connectivity index (χ4n) is 1.83. The molecule has 15 heavy (non-hydrogen) atoms. The minimum Gasteiger partial charge on any atom is -0.328 e. The van der Waals surface area contributed by atoms with Crippen LogP contribution in [0.1, 0.15) is 18.5 Å². The van der Waals surface area contributed by atoms with Crippen LogP contribution in [0.25, 0.3) is 0 Å². The van der Waals surface area contributed by atoms with Gasteiger partial charge in [0.1, 0.15) is 0 Å². The van der Waals surface area contributed by atoms with Crippen LogP contribution in [0, 0.1) is 0 Å². The first-order valence-electron chi connectivity index (χ1n) is 5.22. The van der Waals surface area contributed by atoms with Crippen LogP contribution in [0.15, 0.2) is 24.4 Å². The highest BCUT2D eigenvalue weighted by Gasteiger charge is 2.15. The van der Waals surface area contributed by atoms with E-state index in [4.69, 9.17) is 5.73 Å². The first kappa shape index (κ1) is 12.4. The Balaban J connectivity index is 0.00000112. The van der Waals surface area contributed by atoms with Crippen molar-refractivity contribution in [2.75, 3.05) is 13.1 Å². The Morgan fingerprint density at radius 2 is 2.07 bits per heavy atom. The number of hydrogen-bond acceptors (Lipinski definition) is 3. The third-order valence-electron chi connectivity index (χ3n) is 2.74. The van der Waals surface area contributed by atoms with E-state index in [0.717, 1.165) is 38.2 Å². The summed E-state index contributed by atoms with van der Waals surface area (Å²) in [5.41, 5.74) is 7.00. The maximum atomic E-state index is 5.85. The van der Waals surface area contributed by atoms with Crippen molar-refractivity contribution in [3.8, 4) is 0 Å². The van der Waals surface area contributed by atoms with Crippen LogP contribution in [0.3, 0.4) is 0 Å². The van der Waals surface area contributed by atoms with Crippen LogP contribution in [-0.4, -0.2) is 29.0 Å². The van der Waals surface area contributed by atoms with Crippen molar-refractivity contribution in [2.45, 2.75) is 25.4 Å². The zero-order valence-electron chi connectivity index (χ0n) is 8.80. The Morgan fingerprint density at radius 3 is 2.67 bits per heavy atom. The van der Waals surface area contributed by atoms with Crippen LogP contribution < -0.4 is 5.73 Å². The van der Waals surface area contributed by atoms with E-state index in [1.54, 1.807) is 0 Å². The lowest BCUT2D eigenvalue weighted by Gasteiger charge is -2.29. The third-order valence-corrected chi connectivity index (χ3v) is 2.74. The summed E-state index contributed by atoms with van der Waals surface area (Å²) in [7, 11) is 0. The number of likely N-dealkylation sites (tertiary alicyclic amines) is 1. The molecule has 1 aliphatic heterocycles. The molecule has 2 N–H and O–H groups in total. The second kappa shape index (κ2) is 6.05. The Kier molecular flexibility index (Phi) is 5.02. The molecule has 0 bridgehead atoms. The van der Waals surface area contributed by atoms with Gasteiger partial charge in [-0.2, -0.15) is 0 Å². The van der Waals surface area contributed by atoms with E-state index in [2.05, 4.69) is 16.0 Å². The minimum atomic E-state index is 0. The number of hydrogen-bond donors (Lipinski definition) is 1. The first-order chi connectivity index (χ1) is 6.84. The zero-order valence-corrected chi connectivity index (χ0v) is 9.62. The summed E-state index contributed by atoms with van der Waals surface area (Å²) in [5.74, 6) is 0. The Hall–Kier alpha value is -0.640. The zero-order chi connectivity index (χ0) is 9.80. The molecule has 0 aliphatic carbocycles. The van der Waals surface area contributed by atoms with E-state index in [9.17, 15) is 0 Å². The molecule has 1 saturated heterocycles. The van der Waals surface area contributed by atoms with E-state index in [1.807, 2.05) is 18.3 Å². The van der Waals surface area contributed by atoms with Crippen molar-refractivity contribution in [1.82, 2.24) is 9.88 Å². The highest BCUT2D eigenvalue weighted by Crippen LogP contribution is 2.10. The molecular weight excluding hydrogens is 210 g/mol. The van der Waals surface area contributed by atoms with Gasteiger partial charge in [-0.25, -0.2) is 0 Å². The molecule has 2 rings (SSSR count). The first-order valence-corrected chi connectivity index (χ1v) is 5.22. The van der Waals surface area contributed by atoms with E-state index in [1.165, 1.54) is 0 Å². The molecule has 0 spiro atoms. The van der Waals surface area contributed by atoms with Gasteiger partial charge in [0.25, 0.3) is 0 Å². The van der Waals surface area contributed by atoms with Crippen LogP contribution in [0.5, 0.6) is 0 Å². The quantitative estimate of drug-likeness (QED) is 0.831. The number of rotatable bonds is 2. The number of nitrogens with zero attached hydrogens (tertiary/aromatic N) is 2. The summed E-state index contributed by atoms with van der Waals surface area (Å²) in [6.07, 6.45) is 4.09. The largest absolute Gasteiger partial charge is 0.328 e. The monoisotopic (exact) mass is 227 g/mol. The van der Waals surface area contributed by atoms with Gasteiger partial charge >= 0.3 is 0 Å². The molecule has 1 aromatic heterocycles. The van der Waals surface area contributed by atoms with E-state index in [-0.39, 0.29) is 12.4 Å². The Morgan fingerprint density at radius 1 is 1.33 bits per heavy atom. The molecule has 0 unspecified atom stereocenters. The minimum absolute atomic E-state index is 0. The van der Waals surface area contributed by atoms with Gasteiger partial charge in [-0.1, -0.05) is 6.07 Å².